The molecule has 24 heavy (non-hydrogen) atoms. The van der Waals surface area contributed by atoms with Crippen LogP contribution >= 0.6 is 12.2 Å². The van der Waals surface area contributed by atoms with Gasteiger partial charge in [0.2, 0.25) is 0 Å². The van der Waals surface area contributed by atoms with Gasteiger partial charge in [0.25, 0.3) is 0 Å². The largest absolute Gasteiger partial charge is 0.486 e. The average molecular weight is 348 g/mol. The Morgan fingerprint density at radius 1 is 1.12 bits per heavy atom. The average Bonchev–Trinajstić information content (AvgIpc) is 2.83. The second kappa shape index (κ2) is 7.09. The Hall–Kier alpha value is -1.62. The quantitative estimate of drug-likeness (QED) is 0.725. The molecule has 0 atom stereocenters. The van der Waals surface area contributed by atoms with Gasteiger partial charge in [0, 0.05) is 6.54 Å². The third-order valence-electron chi connectivity index (χ3n) is 4.13. The number of rotatable bonds is 6. The molecule has 0 fully saturated rings. The first-order valence-corrected chi connectivity index (χ1v) is 8.90. The predicted molar refractivity (Wildman–Crippen MR) is 101 cm³/mol. The van der Waals surface area contributed by atoms with Crippen molar-refractivity contribution in [2.24, 2.45) is 5.41 Å². The number of aromatic amines is 1. The highest BCUT2D eigenvalue weighted by Gasteiger charge is 2.27. The highest BCUT2D eigenvalue weighted by molar-refractivity contribution is 7.71. The van der Waals surface area contributed by atoms with Crippen molar-refractivity contribution in [3.05, 3.63) is 40.4 Å². The van der Waals surface area contributed by atoms with Gasteiger partial charge in [0.1, 0.15) is 12.4 Å². The van der Waals surface area contributed by atoms with Crippen LogP contribution in [0.4, 0.5) is 0 Å². The van der Waals surface area contributed by atoms with Gasteiger partial charge in [0.15, 0.2) is 10.6 Å². The highest BCUT2D eigenvalue weighted by Crippen LogP contribution is 2.36. The third-order valence-corrected chi connectivity index (χ3v) is 4.44. The predicted octanol–water partition coefficient (Wildman–Crippen LogP) is 5.25. The van der Waals surface area contributed by atoms with Crippen molar-refractivity contribution in [3.8, 4) is 5.75 Å². The summed E-state index contributed by atoms with van der Waals surface area (Å²) in [6, 6.07) is 8.41. The number of hydrogen-bond acceptors (Lipinski definition) is 3. The number of benzene rings is 1. The minimum absolute atomic E-state index is 0.140. The van der Waals surface area contributed by atoms with E-state index in [1.54, 1.807) is 0 Å². The molecule has 5 heteroatoms. The van der Waals surface area contributed by atoms with Crippen LogP contribution in [0.15, 0.2) is 24.3 Å². The highest BCUT2D eigenvalue weighted by atomic mass is 32.1. The van der Waals surface area contributed by atoms with Gasteiger partial charge in [-0.1, -0.05) is 46.8 Å². The molecule has 1 N–H and O–H groups in total. The van der Waals surface area contributed by atoms with Gasteiger partial charge in [0.05, 0.1) is 0 Å². The second-order valence-corrected chi connectivity index (χ2v) is 8.51. The van der Waals surface area contributed by atoms with E-state index >= 15 is 0 Å². The zero-order valence-electron chi connectivity index (χ0n) is 15.6. The van der Waals surface area contributed by atoms with Gasteiger partial charge in [-0.2, -0.15) is 5.10 Å². The van der Waals surface area contributed by atoms with E-state index in [2.05, 4.69) is 56.9 Å². The minimum Gasteiger partial charge on any atom is -0.486 e. The summed E-state index contributed by atoms with van der Waals surface area (Å²) in [4.78, 5) is 0. The van der Waals surface area contributed by atoms with Gasteiger partial charge >= 0.3 is 0 Å². The van der Waals surface area contributed by atoms with Crippen LogP contribution in [0.3, 0.4) is 0 Å². The Bertz CT molecular complexity index is 720. The SMILES string of the molecule is CCn1c(COc2ccc(C(C)(C)CC(C)(C)C)cc2)n[nH]c1=S. The third kappa shape index (κ3) is 4.69. The zero-order valence-corrected chi connectivity index (χ0v) is 16.5. The van der Waals surface area contributed by atoms with Crippen molar-refractivity contribution in [1.29, 1.82) is 0 Å². The molecule has 0 radical (unpaired) electrons. The number of aromatic nitrogens is 3. The maximum atomic E-state index is 5.87. The number of nitrogens with one attached hydrogen (secondary N) is 1. The summed E-state index contributed by atoms with van der Waals surface area (Å²) in [6.45, 7) is 14.7. The van der Waals surface area contributed by atoms with Gasteiger partial charge in [-0.25, -0.2) is 0 Å². The van der Waals surface area contributed by atoms with Crippen LogP contribution in [0.1, 0.15) is 59.4 Å². The minimum atomic E-state index is 0.140. The van der Waals surface area contributed by atoms with E-state index < -0.39 is 0 Å². The van der Waals surface area contributed by atoms with Gasteiger partial charge in [-0.15, -0.1) is 0 Å². The molecule has 0 amide bonds. The summed E-state index contributed by atoms with van der Waals surface area (Å²) in [5.74, 6) is 1.67. The normalized spacial score (nSPS) is 12.4. The Labute approximate surface area is 150 Å². The Balaban J connectivity index is 2.05. The van der Waals surface area contributed by atoms with Gasteiger partial charge in [-0.3, -0.25) is 5.10 Å². The standard InChI is InChI=1S/C19H29N3OS/c1-7-22-16(20-21-17(22)24)12-23-15-10-8-14(9-11-15)19(5,6)13-18(2,3)4/h8-11H,7,12-13H2,1-6H3,(H,21,24). The van der Waals surface area contributed by atoms with Crippen LogP contribution in [0.25, 0.3) is 0 Å². The summed E-state index contributed by atoms with van der Waals surface area (Å²) in [5, 5.41) is 7.03. The Morgan fingerprint density at radius 3 is 2.29 bits per heavy atom. The monoisotopic (exact) mass is 347 g/mol. The molecule has 1 heterocycles. The summed E-state index contributed by atoms with van der Waals surface area (Å²) in [7, 11) is 0. The van der Waals surface area contributed by atoms with Crippen molar-refractivity contribution in [2.75, 3.05) is 0 Å². The maximum Gasteiger partial charge on any atom is 0.195 e. The van der Waals surface area contributed by atoms with E-state index in [9.17, 15) is 0 Å². The lowest BCUT2D eigenvalue weighted by Crippen LogP contribution is -2.24. The van der Waals surface area contributed by atoms with Crippen molar-refractivity contribution in [1.82, 2.24) is 14.8 Å². The first-order chi connectivity index (χ1) is 11.1. The first kappa shape index (κ1) is 18.7. The molecular formula is C19H29N3OS. The lowest BCUT2D eigenvalue weighted by molar-refractivity contribution is 0.281. The molecule has 0 saturated heterocycles. The molecule has 2 aromatic rings. The molecule has 1 aromatic heterocycles. The van der Waals surface area contributed by atoms with Crippen LogP contribution in [0.2, 0.25) is 0 Å². The smallest absolute Gasteiger partial charge is 0.195 e. The maximum absolute atomic E-state index is 5.87. The van der Waals surface area contributed by atoms with E-state index in [1.807, 2.05) is 23.6 Å². The van der Waals surface area contributed by atoms with E-state index in [0.717, 1.165) is 24.5 Å². The molecular weight excluding hydrogens is 318 g/mol. The molecule has 0 aliphatic heterocycles. The van der Waals surface area contributed by atoms with E-state index in [0.29, 0.717) is 16.8 Å². The topological polar surface area (TPSA) is 42.8 Å². The van der Waals surface area contributed by atoms with Crippen LogP contribution < -0.4 is 4.74 Å². The summed E-state index contributed by atoms with van der Waals surface area (Å²) in [5.41, 5.74) is 1.77. The van der Waals surface area contributed by atoms with Crippen molar-refractivity contribution in [3.63, 3.8) is 0 Å². The van der Waals surface area contributed by atoms with Crippen LogP contribution in [0.5, 0.6) is 5.75 Å². The van der Waals surface area contributed by atoms with Crippen LogP contribution in [-0.4, -0.2) is 14.8 Å². The number of ether oxygens (including phenoxy) is 1. The molecule has 0 saturated carbocycles. The van der Waals surface area contributed by atoms with Crippen LogP contribution in [-0.2, 0) is 18.6 Å². The fourth-order valence-corrected chi connectivity index (χ4v) is 3.64. The van der Waals surface area contributed by atoms with E-state index in [4.69, 9.17) is 17.0 Å². The van der Waals surface area contributed by atoms with Crippen LogP contribution in [0, 0.1) is 10.2 Å². The number of H-pyrrole nitrogens is 1. The fraction of sp³-hybridized carbons (Fsp3) is 0.579. The van der Waals surface area contributed by atoms with E-state index in [1.165, 1.54) is 5.56 Å². The summed E-state index contributed by atoms with van der Waals surface area (Å²) < 4.78 is 8.44. The lowest BCUT2D eigenvalue weighted by atomic mass is 9.72. The van der Waals surface area contributed by atoms with E-state index in [-0.39, 0.29) is 5.41 Å². The summed E-state index contributed by atoms with van der Waals surface area (Å²) in [6.07, 6.45) is 1.13. The molecule has 0 aliphatic rings. The molecule has 2 rings (SSSR count). The lowest BCUT2D eigenvalue weighted by Gasteiger charge is -2.33. The Kier molecular flexibility index (Phi) is 5.53. The second-order valence-electron chi connectivity index (χ2n) is 8.12. The van der Waals surface area contributed by atoms with Crippen molar-refractivity contribution < 1.29 is 4.74 Å². The van der Waals surface area contributed by atoms with Crippen molar-refractivity contribution >= 4 is 12.2 Å². The molecule has 0 unspecified atom stereocenters. The Morgan fingerprint density at radius 2 is 1.75 bits per heavy atom. The molecule has 1 aromatic carbocycles. The first-order valence-electron chi connectivity index (χ1n) is 8.50. The zero-order chi connectivity index (χ0) is 18.0. The number of hydrogen-bond donors (Lipinski definition) is 1. The van der Waals surface area contributed by atoms with Gasteiger partial charge in [-0.05, 0) is 54.1 Å². The molecule has 132 valence electrons. The fourth-order valence-electron chi connectivity index (χ4n) is 3.36. The van der Waals surface area contributed by atoms with Crippen molar-refractivity contribution in [2.45, 2.75) is 66.5 Å². The molecule has 4 nitrogen and oxygen atoms in total. The molecule has 0 bridgehead atoms. The molecule has 0 spiro atoms. The summed E-state index contributed by atoms with van der Waals surface area (Å²) >= 11 is 5.19. The van der Waals surface area contributed by atoms with Gasteiger partial charge < -0.3 is 9.30 Å². The number of nitrogens with zero attached hydrogens (tertiary/aromatic N) is 2. The molecule has 0 aliphatic carbocycles.